The average Bonchev–Trinajstić information content (AvgIpc) is 2.63. The monoisotopic (exact) mass is 346 g/mol. The Morgan fingerprint density at radius 3 is 2.80 bits per heavy atom. The van der Waals surface area contributed by atoms with Gasteiger partial charge >= 0.3 is 6.03 Å². The summed E-state index contributed by atoms with van der Waals surface area (Å²) in [5.41, 5.74) is 1.89. The van der Waals surface area contributed by atoms with Gasteiger partial charge in [-0.1, -0.05) is 24.3 Å². The minimum atomic E-state index is -0.571. The van der Waals surface area contributed by atoms with Gasteiger partial charge in [0.2, 0.25) is 5.91 Å². The molecule has 1 atom stereocenters. The van der Waals surface area contributed by atoms with Crippen LogP contribution in [0.4, 0.5) is 4.79 Å². The highest BCUT2D eigenvalue weighted by molar-refractivity contribution is 5.89. The van der Waals surface area contributed by atoms with Gasteiger partial charge in [-0.2, -0.15) is 0 Å². The van der Waals surface area contributed by atoms with Crippen LogP contribution < -0.4 is 10.6 Å². The van der Waals surface area contributed by atoms with Crippen molar-refractivity contribution in [3.8, 4) is 0 Å². The second-order valence-electron chi connectivity index (χ2n) is 6.43. The highest BCUT2D eigenvalue weighted by Gasteiger charge is 2.35. The molecule has 2 fully saturated rings. The number of hydrogen-bond acceptors (Lipinski definition) is 4. The molecule has 3 amide bonds. The Bertz CT molecular complexity index is 616. The quantitative estimate of drug-likeness (QED) is 0.833. The Morgan fingerprint density at radius 2 is 2.04 bits per heavy atom. The maximum Gasteiger partial charge on any atom is 0.318 e. The lowest BCUT2D eigenvalue weighted by molar-refractivity contribution is -0.127. The zero-order valence-electron chi connectivity index (χ0n) is 14.7. The molecule has 7 heteroatoms. The minimum absolute atomic E-state index is 0.121. The molecule has 25 heavy (non-hydrogen) atoms. The number of piperazine rings is 1. The van der Waals surface area contributed by atoms with Crippen molar-refractivity contribution >= 4 is 11.9 Å². The van der Waals surface area contributed by atoms with E-state index >= 15 is 0 Å². The summed E-state index contributed by atoms with van der Waals surface area (Å²) in [5.74, 6) is -0.121. The third-order valence-corrected chi connectivity index (χ3v) is 4.76. The van der Waals surface area contributed by atoms with E-state index < -0.39 is 6.04 Å². The molecular weight excluding hydrogens is 320 g/mol. The summed E-state index contributed by atoms with van der Waals surface area (Å²) in [6.45, 7) is 7.60. The van der Waals surface area contributed by atoms with Crippen molar-refractivity contribution in [3.05, 3.63) is 35.4 Å². The first-order chi connectivity index (χ1) is 12.2. The van der Waals surface area contributed by atoms with Crippen LogP contribution in [0, 0.1) is 6.92 Å². The van der Waals surface area contributed by atoms with E-state index in [9.17, 15) is 9.59 Å². The summed E-state index contributed by atoms with van der Waals surface area (Å²) in [6, 6.07) is 6.96. The highest BCUT2D eigenvalue weighted by Crippen LogP contribution is 2.25. The number of carbonyl (C=O) groups is 2. The molecule has 0 radical (unpaired) electrons. The molecule has 2 heterocycles. The Morgan fingerprint density at radius 1 is 1.28 bits per heavy atom. The Balaban J connectivity index is 1.62. The molecule has 136 valence electrons. The molecule has 2 aliphatic heterocycles. The van der Waals surface area contributed by atoms with Gasteiger partial charge in [0.25, 0.3) is 0 Å². The molecule has 0 aromatic heterocycles. The zero-order valence-corrected chi connectivity index (χ0v) is 14.7. The number of amides is 3. The van der Waals surface area contributed by atoms with Crippen LogP contribution in [0.5, 0.6) is 0 Å². The number of nitrogens with zero attached hydrogens (tertiary/aromatic N) is 2. The Labute approximate surface area is 148 Å². The molecule has 1 unspecified atom stereocenters. The molecule has 2 N–H and O–H groups in total. The predicted octanol–water partition coefficient (Wildman–Crippen LogP) is 0.510. The maximum absolute atomic E-state index is 12.7. The number of urea groups is 1. The van der Waals surface area contributed by atoms with Crippen molar-refractivity contribution in [2.45, 2.75) is 13.0 Å². The van der Waals surface area contributed by atoms with Crippen molar-refractivity contribution in [3.63, 3.8) is 0 Å². The van der Waals surface area contributed by atoms with Crippen molar-refractivity contribution in [1.29, 1.82) is 0 Å². The molecule has 1 aromatic carbocycles. The van der Waals surface area contributed by atoms with Crippen molar-refractivity contribution in [2.24, 2.45) is 0 Å². The standard InChI is InChI=1S/C18H26N4O3/c1-14-4-2-3-5-15(14)16-17(23)19-7-9-22(16)18(24)20-6-8-21-10-12-25-13-11-21/h2-5,16H,6-13H2,1H3,(H,19,23)(H,20,24). The first kappa shape index (κ1) is 17.7. The van der Waals surface area contributed by atoms with E-state index in [0.29, 0.717) is 19.6 Å². The number of morpholine rings is 1. The smallest absolute Gasteiger partial charge is 0.318 e. The van der Waals surface area contributed by atoms with Crippen LogP contribution in [0.2, 0.25) is 0 Å². The normalized spacial score (nSPS) is 21.7. The molecule has 1 aromatic rings. The number of hydrogen-bond donors (Lipinski definition) is 2. The van der Waals surface area contributed by atoms with Crippen molar-refractivity contribution < 1.29 is 14.3 Å². The van der Waals surface area contributed by atoms with Crippen molar-refractivity contribution in [2.75, 3.05) is 52.5 Å². The Kier molecular flexibility index (Phi) is 5.88. The molecule has 3 rings (SSSR count). The van der Waals surface area contributed by atoms with E-state index in [1.54, 1.807) is 4.90 Å². The molecule has 2 saturated heterocycles. The molecule has 0 bridgehead atoms. The number of ether oxygens (including phenoxy) is 1. The molecule has 2 aliphatic rings. The van der Waals surface area contributed by atoms with E-state index in [4.69, 9.17) is 4.74 Å². The lowest BCUT2D eigenvalue weighted by Gasteiger charge is -2.36. The van der Waals surface area contributed by atoms with E-state index in [1.165, 1.54) is 0 Å². The highest BCUT2D eigenvalue weighted by atomic mass is 16.5. The van der Waals surface area contributed by atoms with Gasteiger partial charge in [-0.25, -0.2) is 4.79 Å². The van der Waals surface area contributed by atoms with Crippen molar-refractivity contribution in [1.82, 2.24) is 20.4 Å². The number of benzene rings is 1. The molecular formula is C18H26N4O3. The van der Waals surface area contributed by atoms with E-state index in [-0.39, 0.29) is 11.9 Å². The third kappa shape index (κ3) is 4.29. The summed E-state index contributed by atoms with van der Waals surface area (Å²) in [5, 5.41) is 5.83. The summed E-state index contributed by atoms with van der Waals surface area (Å²) < 4.78 is 5.33. The van der Waals surface area contributed by atoms with Gasteiger partial charge < -0.3 is 20.3 Å². The van der Waals surface area contributed by atoms with Gasteiger partial charge in [-0.05, 0) is 18.1 Å². The average molecular weight is 346 g/mol. The number of carbonyl (C=O) groups excluding carboxylic acids is 2. The molecule has 7 nitrogen and oxygen atoms in total. The van der Waals surface area contributed by atoms with Gasteiger partial charge in [-0.3, -0.25) is 9.69 Å². The second kappa shape index (κ2) is 8.31. The van der Waals surface area contributed by atoms with Crippen LogP contribution in [0.1, 0.15) is 17.2 Å². The zero-order chi connectivity index (χ0) is 17.6. The molecule has 0 spiro atoms. The van der Waals surface area contributed by atoms with Gasteiger partial charge in [0.1, 0.15) is 6.04 Å². The number of aryl methyl sites for hydroxylation is 1. The number of nitrogens with one attached hydrogen (secondary N) is 2. The summed E-state index contributed by atoms with van der Waals surface area (Å²) in [7, 11) is 0. The lowest BCUT2D eigenvalue weighted by Crippen LogP contribution is -2.55. The summed E-state index contributed by atoms with van der Waals surface area (Å²) in [6.07, 6.45) is 0. The largest absolute Gasteiger partial charge is 0.379 e. The van der Waals surface area contributed by atoms with Crippen LogP contribution in [0.3, 0.4) is 0 Å². The maximum atomic E-state index is 12.7. The number of rotatable bonds is 4. The fourth-order valence-corrected chi connectivity index (χ4v) is 3.34. The van der Waals surface area contributed by atoms with Crippen LogP contribution in [0.15, 0.2) is 24.3 Å². The van der Waals surface area contributed by atoms with Crippen LogP contribution in [-0.2, 0) is 9.53 Å². The SMILES string of the molecule is Cc1ccccc1C1C(=O)NCCN1C(=O)NCCN1CCOCC1. The first-order valence-electron chi connectivity index (χ1n) is 8.84. The van der Waals surface area contributed by atoms with Gasteiger partial charge in [0, 0.05) is 39.3 Å². The van der Waals surface area contributed by atoms with Gasteiger partial charge in [0.05, 0.1) is 13.2 Å². The fourth-order valence-electron chi connectivity index (χ4n) is 3.34. The predicted molar refractivity (Wildman–Crippen MR) is 94.3 cm³/mol. The van der Waals surface area contributed by atoms with Gasteiger partial charge in [-0.15, -0.1) is 0 Å². The minimum Gasteiger partial charge on any atom is -0.379 e. The van der Waals surface area contributed by atoms with E-state index in [1.807, 2.05) is 31.2 Å². The second-order valence-corrected chi connectivity index (χ2v) is 6.43. The van der Waals surface area contributed by atoms with Crippen LogP contribution in [0.25, 0.3) is 0 Å². The lowest BCUT2D eigenvalue weighted by atomic mass is 9.98. The summed E-state index contributed by atoms with van der Waals surface area (Å²) >= 11 is 0. The Hall–Kier alpha value is -2.12. The molecule has 0 aliphatic carbocycles. The van der Waals surface area contributed by atoms with E-state index in [2.05, 4.69) is 15.5 Å². The van der Waals surface area contributed by atoms with Crippen LogP contribution >= 0.6 is 0 Å². The van der Waals surface area contributed by atoms with E-state index in [0.717, 1.165) is 44.0 Å². The van der Waals surface area contributed by atoms with Crippen LogP contribution in [-0.4, -0.2) is 74.2 Å². The summed E-state index contributed by atoms with van der Waals surface area (Å²) in [4.78, 5) is 29.0. The fraction of sp³-hybridized carbons (Fsp3) is 0.556. The van der Waals surface area contributed by atoms with Gasteiger partial charge in [0.15, 0.2) is 0 Å². The third-order valence-electron chi connectivity index (χ3n) is 4.76. The first-order valence-corrected chi connectivity index (χ1v) is 8.84. The topological polar surface area (TPSA) is 73.9 Å². The molecule has 0 saturated carbocycles.